The quantitative estimate of drug-likeness (QED) is 0.387. The summed E-state index contributed by atoms with van der Waals surface area (Å²) in [4.78, 5) is 3.91. The normalized spacial score (nSPS) is 10.0. The highest BCUT2D eigenvalue weighted by Crippen LogP contribution is 2.13. The van der Waals surface area contributed by atoms with Crippen molar-refractivity contribution in [2.45, 2.75) is 12.2 Å². The number of hydrogen-bond donors (Lipinski definition) is 3. The van der Waals surface area contributed by atoms with Gasteiger partial charge in [0.15, 0.2) is 0 Å². The molecule has 0 aliphatic rings. The number of thioether (sulfide) groups is 1. The van der Waals surface area contributed by atoms with Crippen LogP contribution in [0, 0.1) is 5.41 Å². The molecule has 5 N–H and O–H groups in total. The fourth-order valence-electron chi connectivity index (χ4n) is 0.956. The fraction of sp³-hybridized carbons (Fsp3) is 0.333. The number of nitrogen functional groups attached to an aromatic ring is 1. The maximum absolute atomic E-state index is 7.05. The van der Waals surface area contributed by atoms with E-state index in [9.17, 15) is 0 Å². The summed E-state index contributed by atoms with van der Waals surface area (Å²) >= 11 is 1.74. The first kappa shape index (κ1) is 10.8. The summed E-state index contributed by atoms with van der Waals surface area (Å²) in [6.07, 6.45) is 2.35. The van der Waals surface area contributed by atoms with E-state index in [0.29, 0.717) is 12.2 Å². The standard InChI is InChI=1S/C9H14N4S/c10-8(11)2-4-14-6-7-1-3-13-9(12)5-7/h1,3,5H,2,4,6H2,(H3,10,11)(H2,12,13). The Morgan fingerprint density at radius 2 is 2.36 bits per heavy atom. The molecule has 4 nitrogen and oxygen atoms in total. The van der Waals surface area contributed by atoms with E-state index >= 15 is 0 Å². The van der Waals surface area contributed by atoms with Gasteiger partial charge >= 0.3 is 0 Å². The molecule has 76 valence electrons. The van der Waals surface area contributed by atoms with Crippen LogP contribution in [0.5, 0.6) is 0 Å². The van der Waals surface area contributed by atoms with Crippen molar-refractivity contribution in [1.82, 2.24) is 4.98 Å². The Bertz CT molecular complexity index is 313. The van der Waals surface area contributed by atoms with Gasteiger partial charge in [0.1, 0.15) is 5.82 Å². The summed E-state index contributed by atoms with van der Waals surface area (Å²) in [6, 6.07) is 3.80. The third kappa shape index (κ3) is 4.13. The Kier molecular flexibility index (Phi) is 4.25. The molecule has 0 aliphatic heterocycles. The molecule has 0 saturated heterocycles. The van der Waals surface area contributed by atoms with Crippen LogP contribution in [-0.4, -0.2) is 16.6 Å². The summed E-state index contributed by atoms with van der Waals surface area (Å²) in [6.45, 7) is 0. The Labute approximate surface area is 87.6 Å². The van der Waals surface area contributed by atoms with E-state index in [0.717, 1.165) is 17.1 Å². The molecular formula is C9H14N4S. The lowest BCUT2D eigenvalue weighted by Crippen LogP contribution is -2.09. The van der Waals surface area contributed by atoms with E-state index in [-0.39, 0.29) is 5.84 Å². The van der Waals surface area contributed by atoms with Gasteiger partial charge < -0.3 is 11.5 Å². The number of nitrogens with zero attached hydrogens (tertiary/aromatic N) is 1. The molecule has 0 fully saturated rings. The molecule has 5 heteroatoms. The zero-order chi connectivity index (χ0) is 10.4. The van der Waals surface area contributed by atoms with E-state index in [1.165, 1.54) is 0 Å². The van der Waals surface area contributed by atoms with Gasteiger partial charge in [0.25, 0.3) is 0 Å². The molecule has 0 radical (unpaired) electrons. The average Bonchev–Trinajstić information content (AvgIpc) is 2.12. The zero-order valence-corrected chi connectivity index (χ0v) is 8.68. The van der Waals surface area contributed by atoms with Crippen LogP contribution < -0.4 is 11.5 Å². The molecule has 1 aromatic rings. The minimum atomic E-state index is 0.242. The van der Waals surface area contributed by atoms with Crippen LogP contribution >= 0.6 is 11.8 Å². The van der Waals surface area contributed by atoms with Gasteiger partial charge in [0.2, 0.25) is 0 Å². The maximum atomic E-state index is 7.05. The van der Waals surface area contributed by atoms with Crippen LogP contribution in [0.25, 0.3) is 0 Å². The molecule has 0 spiro atoms. The van der Waals surface area contributed by atoms with Crippen LogP contribution in [0.1, 0.15) is 12.0 Å². The third-order valence-corrected chi connectivity index (χ3v) is 2.66. The third-order valence-electron chi connectivity index (χ3n) is 1.63. The number of rotatable bonds is 5. The fourth-order valence-corrected chi connectivity index (χ4v) is 1.88. The lowest BCUT2D eigenvalue weighted by molar-refractivity contribution is 1.22. The topological polar surface area (TPSA) is 88.8 Å². The number of aromatic nitrogens is 1. The minimum Gasteiger partial charge on any atom is -0.388 e. The van der Waals surface area contributed by atoms with Crippen molar-refractivity contribution in [3.63, 3.8) is 0 Å². The van der Waals surface area contributed by atoms with Gasteiger partial charge in [-0.2, -0.15) is 11.8 Å². The summed E-state index contributed by atoms with van der Waals surface area (Å²) in [5.41, 5.74) is 11.9. The number of amidine groups is 1. The summed E-state index contributed by atoms with van der Waals surface area (Å²) < 4.78 is 0. The Morgan fingerprint density at radius 3 is 3.00 bits per heavy atom. The second-order valence-corrected chi connectivity index (χ2v) is 4.02. The molecule has 14 heavy (non-hydrogen) atoms. The van der Waals surface area contributed by atoms with Crippen molar-refractivity contribution in [1.29, 1.82) is 5.41 Å². The van der Waals surface area contributed by atoms with Crippen LogP contribution in [0.4, 0.5) is 5.82 Å². The molecule has 1 heterocycles. The molecule has 0 atom stereocenters. The van der Waals surface area contributed by atoms with Crippen molar-refractivity contribution in [3.05, 3.63) is 23.9 Å². The van der Waals surface area contributed by atoms with Crippen LogP contribution in [0.2, 0.25) is 0 Å². The molecule has 1 rings (SSSR count). The van der Waals surface area contributed by atoms with Gasteiger partial charge in [0, 0.05) is 24.1 Å². The first-order chi connectivity index (χ1) is 6.68. The van der Waals surface area contributed by atoms with E-state index in [2.05, 4.69) is 4.98 Å². The molecule has 0 saturated carbocycles. The smallest absolute Gasteiger partial charge is 0.123 e. The zero-order valence-electron chi connectivity index (χ0n) is 7.86. The largest absolute Gasteiger partial charge is 0.388 e. The first-order valence-corrected chi connectivity index (χ1v) is 5.45. The summed E-state index contributed by atoms with van der Waals surface area (Å²) in [7, 11) is 0. The van der Waals surface area contributed by atoms with Crippen molar-refractivity contribution in [3.8, 4) is 0 Å². The molecule has 0 amide bonds. The highest BCUT2D eigenvalue weighted by atomic mass is 32.2. The predicted molar refractivity (Wildman–Crippen MR) is 61.3 cm³/mol. The second-order valence-electron chi connectivity index (χ2n) is 2.92. The average molecular weight is 210 g/mol. The first-order valence-electron chi connectivity index (χ1n) is 4.29. The van der Waals surface area contributed by atoms with Gasteiger partial charge in [-0.15, -0.1) is 0 Å². The predicted octanol–water partition coefficient (Wildman–Crippen LogP) is 1.22. The van der Waals surface area contributed by atoms with Gasteiger partial charge in [-0.25, -0.2) is 4.98 Å². The van der Waals surface area contributed by atoms with Crippen LogP contribution in [0.15, 0.2) is 18.3 Å². The van der Waals surface area contributed by atoms with Crippen molar-refractivity contribution in [2.24, 2.45) is 5.73 Å². The van der Waals surface area contributed by atoms with E-state index < -0.39 is 0 Å². The van der Waals surface area contributed by atoms with E-state index in [4.69, 9.17) is 16.9 Å². The number of hydrogen-bond acceptors (Lipinski definition) is 4. The number of pyridine rings is 1. The van der Waals surface area contributed by atoms with Gasteiger partial charge in [-0.1, -0.05) is 0 Å². The van der Waals surface area contributed by atoms with Crippen molar-refractivity contribution >= 4 is 23.4 Å². The van der Waals surface area contributed by atoms with E-state index in [1.807, 2.05) is 12.1 Å². The van der Waals surface area contributed by atoms with Crippen LogP contribution in [0.3, 0.4) is 0 Å². The van der Waals surface area contributed by atoms with Gasteiger partial charge in [0.05, 0.1) is 5.84 Å². The van der Waals surface area contributed by atoms with Crippen molar-refractivity contribution < 1.29 is 0 Å². The van der Waals surface area contributed by atoms with Gasteiger partial charge in [-0.05, 0) is 17.7 Å². The number of nitrogens with one attached hydrogen (secondary N) is 1. The van der Waals surface area contributed by atoms with Crippen LogP contribution in [-0.2, 0) is 5.75 Å². The highest BCUT2D eigenvalue weighted by molar-refractivity contribution is 7.98. The monoisotopic (exact) mass is 210 g/mol. The summed E-state index contributed by atoms with van der Waals surface area (Å²) in [5, 5.41) is 7.05. The summed E-state index contributed by atoms with van der Waals surface area (Å²) in [5.74, 6) is 2.55. The second kappa shape index (κ2) is 5.49. The molecule has 0 aromatic carbocycles. The Morgan fingerprint density at radius 1 is 1.57 bits per heavy atom. The molecule has 0 unspecified atom stereocenters. The SMILES string of the molecule is N=C(N)CCSCc1ccnc(N)c1. The Hall–Kier alpha value is -1.23. The maximum Gasteiger partial charge on any atom is 0.123 e. The molecule has 0 aliphatic carbocycles. The molecular weight excluding hydrogens is 196 g/mol. The lowest BCUT2D eigenvalue weighted by atomic mass is 10.3. The molecule has 1 aromatic heterocycles. The number of nitrogens with two attached hydrogens (primary N) is 2. The minimum absolute atomic E-state index is 0.242. The van der Waals surface area contributed by atoms with Crippen molar-refractivity contribution in [2.75, 3.05) is 11.5 Å². The Balaban J connectivity index is 2.28. The lowest BCUT2D eigenvalue weighted by Gasteiger charge is -2.01. The number of anilines is 1. The van der Waals surface area contributed by atoms with E-state index in [1.54, 1.807) is 18.0 Å². The highest BCUT2D eigenvalue weighted by Gasteiger charge is 1.95. The van der Waals surface area contributed by atoms with Gasteiger partial charge in [-0.3, -0.25) is 5.41 Å². The molecule has 0 bridgehead atoms.